The van der Waals surface area contributed by atoms with E-state index in [1.807, 2.05) is 4.90 Å². The highest BCUT2D eigenvalue weighted by molar-refractivity contribution is 5.78. The Morgan fingerprint density at radius 3 is 2.25 bits per heavy atom. The summed E-state index contributed by atoms with van der Waals surface area (Å²) in [5.74, 6) is 0.476. The fraction of sp³-hybridized carbons (Fsp3) is 0.833. The molecule has 0 atom stereocenters. The van der Waals surface area contributed by atoms with Crippen LogP contribution in [0.5, 0.6) is 0 Å². The largest absolute Gasteiger partial charge is 0.340 e. The summed E-state index contributed by atoms with van der Waals surface area (Å²) in [7, 11) is 0. The summed E-state index contributed by atoms with van der Waals surface area (Å²) < 4.78 is 0. The van der Waals surface area contributed by atoms with Crippen LogP contribution in [0.15, 0.2) is 0 Å². The van der Waals surface area contributed by atoms with Gasteiger partial charge in [0.05, 0.1) is 12.6 Å². The zero-order valence-electron chi connectivity index (χ0n) is 10.3. The molecule has 90 valence electrons. The second kappa shape index (κ2) is 6.49. The normalized spacial score (nSPS) is 17.5. The summed E-state index contributed by atoms with van der Waals surface area (Å²) in [5, 5.41) is 8.59. The van der Waals surface area contributed by atoms with Crippen molar-refractivity contribution in [3.05, 3.63) is 0 Å². The highest BCUT2D eigenvalue weighted by atomic mass is 16.2. The van der Waals surface area contributed by atoms with Gasteiger partial charge in [-0.05, 0) is 12.8 Å². The van der Waals surface area contributed by atoms with Gasteiger partial charge in [0.25, 0.3) is 0 Å². The molecule has 1 aliphatic rings. The minimum Gasteiger partial charge on any atom is -0.340 e. The maximum absolute atomic E-state index is 12.1. The van der Waals surface area contributed by atoms with Gasteiger partial charge in [-0.25, -0.2) is 0 Å². The number of rotatable bonds is 4. The molecule has 0 saturated carbocycles. The van der Waals surface area contributed by atoms with Crippen molar-refractivity contribution in [2.75, 3.05) is 32.7 Å². The van der Waals surface area contributed by atoms with E-state index in [1.54, 1.807) is 0 Å². The molecular weight excluding hydrogens is 202 g/mol. The van der Waals surface area contributed by atoms with E-state index < -0.39 is 0 Å². The van der Waals surface area contributed by atoms with Crippen molar-refractivity contribution in [1.29, 1.82) is 5.26 Å². The van der Waals surface area contributed by atoms with Crippen LogP contribution in [-0.2, 0) is 4.79 Å². The van der Waals surface area contributed by atoms with E-state index in [0.29, 0.717) is 12.5 Å². The Bertz CT molecular complexity index is 260. The number of amides is 1. The first kappa shape index (κ1) is 13.0. The Morgan fingerprint density at radius 1 is 1.25 bits per heavy atom. The van der Waals surface area contributed by atoms with E-state index in [9.17, 15) is 4.79 Å². The molecule has 0 N–H and O–H groups in total. The molecule has 0 unspecified atom stereocenters. The lowest BCUT2D eigenvalue weighted by Gasteiger charge is -2.35. The molecule has 4 nitrogen and oxygen atoms in total. The maximum atomic E-state index is 12.1. The number of nitrogens with zero attached hydrogens (tertiary/aromatic N) is 3. The van der Waals surface area contributed by atoms with Gasteiger partial charge in [-0.3, -0.25) is 9.69 Å². The number of hydrogen-bond acceptors (Lipinski definition) is 3. The molecule has 0 aromatic carbocycles. The number of hydrogen-bond donors (Lipinski definition) is 0. The summed E-state index contributed by atoms with van der Waals surface area (Å²) in [4.78, 5) is 16.1. The minimum absolute atomic E-state index is 0.183. The third kappa shape index (κ3) is 3.21. The van der Waals surface area contributed by atoms with Crippen LogP contribution in [0.3, 0.4) is 0 Å². The zero-order chi connectivity index (χ0) is 12.0. The Labute approximate surface area is 97.8 Å². The lowest BCUT2D eigenvalue weighted by molar-refractivity contribution is -0.137. The molecule has 16 heavy (non-hydrogen) atoms. The Morgan fingerprint density at radius 2 is 1.81 bits per heavy atom. The number of carbonyl (C=O) groups is 1. The molecule has 0 radical (unpaired) electrons. The number of piperazine rings is 1. The fourth-order valence-corrected chi connectivity index (χ4v) is 2.12. The van der Waals surface area contributed by atoms with Crippen molar-refractivity contribution in [1.82, 2.24) is 9.80 Å². The highest BCUT2D eigenvalue weighted by Crippen LogP contribution is 2.13. The van der Waals surface area contributed by atoms with Crippen LogP contribution in [0.2, 0.25) is 0 Å². The Balaban J connectivity index is 2.41. The van der Waals surface area contributed by atoms with Gasteiger partial charge < -0.3 is 4.90 Å². The van der Waals surface area contributed by atoms with Crippen LogP contribution in [0.25, 0.3) is 0 Å². The first-order valence-electron chi connectivity index (χ1n) is 6.11. The van der Waals surface area contributed by atoms with Crippen molar-refractivity contribution in [2.24, 2.45) is 5.92 Å². The Hall–Kier alpha value is -1.08. The van der Waals surface area contributed by atoms with Gasteiger partial charge in [-0.2, -0.15) is 5.26 Å². The van der Waals surface area contributed by atoms with Gasteiger partial charge in [0.1, 0.15) is 0 Å². The van der Waals surface area contributed by atoms with Gasteiger partial charge in [-0.15, -0.1) is 0 Å². The second-order valence-electron chi connectivity index (χ2n) is 4.27. The van der Waals surface area contributed by atoms with Gasteiger partial charge in [0.15, 0.2) is 0 Å². The second-order valence-corrected chi connectivity index (χ2v) is 4.27. The summed E-state index contributed by atoms with van der Waals surface area (Å²) in [6.07, 6.45) is 1.85. The van der Waals surface area contributed by atoms with Crippen LogP contribution in [0.4, 0.5) is 0 Å². The molecular formula is C12H21N3O. The molecule has 0 aromatic heterocycles. The monoisotopic (exact) mass is 223 g/mol. The lowest BCUT2D eigenvalue weighted by Crippen LogP contribution is -2.50. The maximum Gasteiger partial charge on any atom is 0.225 e. The molecule has 0 spiro atoms. The number of carbonyl (C=O) groups excluding carboxylic acids is 1. The topological polar surface area (TPSA) is 47.3 Å². The van der Waals surface area contributed by atoms with Gasteiger partial charge >= 0.3 is 0 Å². The smallest absolute Gasteiger partial charge is 0.225 e. The molecule has 1 fully saturated rings. The third-order valence-corrected chi connectivity index (χ3v) is 3.31. The molecule has 1 rings (SSSR count). The standard InChI is InChI=1S/C12H21N3O/c1-3-11(4-2)12(16)15-9-7-14(6-5-13)8-10-15/h11H,3-4,6-10H2,1-2H3. The molecule has 1 aliphatic heterocycles. The van der Waals surface area contributed by atoms with Crippen molar-refractivity contribution in [2.45, 2.75) is 26.7 Å². The molecule has 1 amide bonds. The van der Waals surface area contributed by atoms with Crippen LogP contribution in [0, 0.1) is 17.2 Å². The minimum atomic E-state index is 0.183. The molecule has 1 saturated heterocycles. The van der Waals surface area contributed by atoms with Gasteiger partial charge in [-0.1, -0.05) is 13.8 Å². The third-order valence-electron chi connectivity index (χ3n) is 3.31. The van der Waals surface area contributed by atoms with Gasteiger partial charge in [0, 0.05) is 32.1 Å². The molecule has 1 heterocycles. The first-order chi connectivity index (χ1) is 7.72. The summed E-state index contributed by atoms with van der Waals surface area (Å²) in [6, 6.07) is 2.15. The van der Waals surface area contributed by atoms with E-state index in [1.165, 1.54) is 0 Å². The van der Waals surface area contributed by atoms with E-state index in [2.05, 4.69) is 24.8 Å². The van der Waals surface area contributed by atoms with Crippen molar-refractivity contribution >= 4 is 5.91 Å². The molecule has 0 bridgehead atoms. The summed E-state index contributed by atoms with van der Waals surface area (Å²) in [5.41, 5.74) is 0. The molecule has 0 aliphatic carbocycles. The highest BCUT2D eigenvalue weighted by Gasteiger charge is 2.24. The fourth-order valence-electron chi connectivity index (χ4n) is 2.12. The summed E-state index contributed by atoms with van der Waals surface area (Å²) in [6.45, 7) is 7.83. The summed E-state index contributed by atoms with van der Waals surface area (Å²) >= 11 is 0. The van der Waals surface area contributed by atoms with Crippen LogP contribution < -0.4 is 0 Å². The van der Waals surface area contributed by atoms with Crippen LogP contribution in [-0.4, -0.2) is 48.4 Å². The van der Waals surface area contributed by atoms with Crippen molar-refractivity contribution < 1.29 is 4.79 Å². The predicted molar refractivity (Wildman–Crippen MR) is 62.7 cm³/mol. The average molecular weight is 223 g/mol. The SMILES string of the molecule is CCC(CC)C(=O)N1CCN(CC#N)CC1. The first-order valence-corrected chi connectivity index (χ1v) is 6.11. The molecule has 4 heteroatoms. The van der Waals surface area contributed by atoms with E-state index in [4.69, 9.17) is 5.26 Å². The van der Waals surface area contributed by atoms with E-state index in [0.717, 1.165) is 39.0 Å². The quantitative estimate of drug-likeness (QED) is 0.670. The van der Waals surface area contributed by atoms with Gasteiger partial charge in [0.2, 0.25) is 5.91 Å². The lowest BCUT2D eigenvalue weighted by atomic mass is 10.0. The molecule has 0 aromatic rings. The predicted octanol–water partition coefficient (Wildman–Crippen LogP) is 1.09. The van der Waals surface area contributed by atoms with E-state index in [-0.39, 0.29) is 5.92 Å². The average Bonchev–Trinajstić information content (AvgIpc) is 2.32. The van der Waals surface area contributed by atoms with Crippen molar-refractivity contribution in [3.63, 3.8) is 0 Å². The number of nitriles is 1. The zero-order valence-corrected chi connectivity index (χ0v) is 10.3. The van der Waals surface area contributed by atoms with Crippen molar-refractivity contribution in [3.8, 4) is 6.07 Å². The Kier molecular flexibility index (Phi) is 5.27. The van der Waals surface area contributed by atoms with Crippen LogP contribution in [0.1, 0.15) is 26.7 Å². The van der Waals surface area contributed by atoms with E-state index >= 15 is 0 Å². The van der Waals surface area contributed by atoms with Crippen LogP contribution >= 0.6 is 0 Å².